The first-order chi connectivity index (χ1) is 14.7. The van der Waals surface area contributed by atoms with Crippen LogP contribution in [0.2, 0.25) is 0 Å². The highest BCUT2D eigenvalue weighted by Gasteiger charge is 2.15. The van der Waals surface area contributed by atoms with Crippen LogP contribution in [0.1, 0.15) is 12.6 Å². The summed E-state index contributed by atoms with van der Waals surface area (Å²) in [5.74, 6) is 1.50. The number of aromatic nitrogens is 8. The van der Waals surface area contributed by atoms with Crippen molar-refractivity contribution in [3.05, 3.63) is 65.0 Å². The Balaban J connectivity index is 1.51. The van der Waals surface area contributed by atoms with Crippen molar-refractivity contribution in [1.29, 1.82) is 0 Å². The first-order valence-electron chi connectivity index (χ1n) is 9.44. The summed E-state index contributed by atoms with van der Waals surface area (Å²) in [7, 11) is 2.03. The lowest BCUT2D eigenvalue weighted by Crippen LogP contribution is -2.15. The Morgan fingerprint density at radius 2 is 2.00 bits per heavy atom. The molecule has 0 aliphatic heterocycles. The van der Waals surface area contributed by atoms with Crippen molar-refractivity contribution >= 4 is 33.1 Å². The predicted octanol–water partition coefficient (Wildman–Crippen LogP) is 3.79. The van der Waals surface area contributed by atoms with Crippen molar-refractivity contribution in [1.82, 2.24) is 39.8 Å². The molecular weight excluding hydrogens is 446 g/mol. The smallest absolute Gasteiger partial charge is 0.221 e. The molecule has 5 rings (SSSR count). The van der Waals surface area contributed by atoms with E-state index in [1.807, 2.05) is 34.5 Å². The highest BCUT2D eigenvalue weighted by molar-refractivity contribution is 9.10. The summed E-state index contributed by atoms with van der Waals surface area (Å²) in [6.07, 6.45) is 4.60. The highest BCUT2D eigenvalue weighted by atomic mass is 79.9. The van der Waals surface area contributed by atoms with E-state index in [0.717, 1.165) is 45.1 Å². The van der Waals surface area contributed by atoms with Crippen LogP contribution < -0.4 is 4.90 Å². The summed E-state index contributed by atoms with van der Waals surface area (Å²) in [6, 6.07) is 14.3. The molecule has 10 heteroatoms. The maximum atomic E-state index is 4.68. The van der Waals surface area contributed by atoms with Crippen LogP contribution in [0.25, 0.3) is 22.9 Å². The van der Waals surface area contributed by atoms with E-state index in [0.29, 0.717) is 5.82 Å². The van der Waals surface area contributed by atoms with Gasteiger partial charge >= 0.3 is 0 Å². The molecule has 4 aromatic heterocycles. The van der Waals surface area contributed by atoms with E-state index < -0.39 is 0 Å². The van der Waals surface area contributed by atoms with Crippen LogP contribution in [0.4, 0.5) is 11.5 Å². The maximum Gasteiger partial charge on any atom is 0.221 e. The quantitative estimate of drug-likeness (QED) is 0.426. The zero-order valence-electron chi connectivity index (χ0n) is 16.4. The van der Waals surface area contributed by atoms with E-state index in [1.54, 1.807) is 6.20 Å². The van der Waals surface area contributed by atoms with Crippen LogP contribution >= 0.6 is 15.9 Å². The third kappa shape index (κ3) is 3.05. The molecule has 30 heavy (non-hydrogen) atoms. The van der Waals surface area contributed by atoms with Gasteiger partial charge in [-0.1, -0.05) is 6.92 Å². The zero-order valence-corrected chi connectivity index (χ0v) is 17.9. The summed E-state index contributed by atoms with van der Waals surface area (Å²) < 4.78 is 4.75. The number of anilines is 2. The van der Waals surface area contributed by atoms with Gasteiger partial charge in [-0.2, -0.15) is 14.8 Å². The van der Waals surface area contributed by atoms with Crippen LogP contribution in [0, 0.1) is 0 Å². The fraction of sp³-hybridized carbons (Fsp3) is 0.150. The molecule has 0 bridgehead atoms. The van der Waals surface area contributed by atoms with Crippen LogP contribution in [0.3, 0.4) is 0 Å². The number of aromatic amines is 1. The molecule has 0 spiro atoms. The molecule has 5 aromatic rings. The number of nitrogens with one attached hydrogen (secondary N) is 1. The standard InChI is InChI=1S/C20H18BrN9/c1-3-13-11-18(30-20(23-13)16(21)12-22-30)28(2)14-6-8-15(9-7-14)29-10-4-5-17(29)19-24-26-27-25-19/h4-12H,3H2,1-2H3,(H,24,25,26,27). The fourth-order valence-corrected chi connectivity index (χ4v) is 3.76. The van der Waals surface area contributed by atoms with Crippen molar-refractivity contribution < 1.29 is 0 Å². The number of halogens is 1. The number of nitrogens with zero attached hydrogens (tertiary/aromatic N) is 8. The van der Waals surface area contributed by atoms with Gasteiger partial charge in [0.2, 0.25) is 5.82 Å². The fourth-order valence-electron chi connectivity index (χ4n) is 3.42. The second kappa shape index (κ2) is 7.38. The van der Waals surface area contributed by atoms with E-state index in [4.69, 9.17) is 0 Å². The average Bonchev–Trinajstić information content (AvgIpc) is 3.54. The second-order valence-corrected chi connectivity index (χ2v) is 7.62. The first kappa shape index (κ1) is 18.5. The average molecular weight is 464 g/mol. The Kier molecular flexibility index (Phi) is 4.55. The summed E-state index contributed by atoms with van der Waals surface area (Å²) in [6.45, 7) is 2.10. The lowest BCUT2D eigenvalue weighted by Gasteiger charge is -2.21. The Morgan fingerprint density at radius 1 is 1.17 bits per heavy atom. The predicted molar refractivity (Wildman–Crippen MR) is 117 cm³/mol. The van der Waals surface area contributed by atoms with E-state index in [1.165, 1.54) is 0 Å². The Bertz CT molecular complexity index is 1300. The van der Waals surface area contributed by atoms with Crippen LogP contribution in [-0.4, -0.2) is 46.8 Å². The van der Waals surface area contributed by atoms with Gasteiger partial charge in [0.1, 0.15) is 5.82 Å². The molecule has 0 fully saturated rings. The van der Waals surface area contributed by atoms with Crippen molar-refractivity contribution in [3.63, 3.8) is 0 Å². The lowest BCUT2D eigenvalue weighted by molar-refractivity contribution is 0.881. The van der Waals surface area contributed by atoms with Gasteiger partial charge in [0.15, 0.2) is 5.65 Å². The minimum atomic E-state index is 0.553. The van der Waals surface area contributed by atoms with Crippen LogP contribution in [0.15, 0.2) is 59.3 Å². The van der Waals surface area contributed by atoms with Gasteiger partial charge in [0.25, 0.3) is 0 Å². The Labute approximate surface area is 180 Å². The minimum Gasteiger partial charge on any atom is -0.329 e. The first-order valence-corrected chi connectivity index (χ1v) is 10.2. The number of hydrogen-bond acceptors (Lipinski definition) is 6. The molecule has 1 aromatic carbocycles. The molecule has 0 aliphatic carbocycles. The van der Waals surface area contributed by atoms with Crippen molar-refractivity contribution in [2.45, 2.75) is 13.3 Å². The topological polar surface area (TPSA) is 92.8 Å². The maximum absolute atomic E-state index is 4.68. The number of fused-ring (bicyclic) bond motifs is 1. The SMILES string of the molecule is CCc1cc(N(C)c2ccc(-n3cccc3-c3nn[nH]n3)cc2)n2ncc(Br)c2n1. The molecule has 0 saturated carbocycles. The van der Waals surface area contributed by atoms with Gasteiger partial charge in [-0.3, -0.25) is 0 Å². The van der Waals surface area contributed by atoms with E-state index in [2.05, 4.69) is 88.8 Å². The number of aryl methyl sites for hydroxylation is 1. The van der Waals surface area contributed by atoms with Crippen molar-refractivity contribution in [3.8, 4) is 17.2 Å². The van der Waals surface area contributed by atoms with E-state index in [-0.39, 0.29) is 0 Å². The number of rotatable bonds is 5. The molecule has 0 unspecified atom stereocenters. The van der Waals surface area contributed by atoms with Gasteiger partial charge in [-0.05, 0) is 64.0 Å². The third-order valence-corrected chi connectivity index (χ3v) is 5.57. The summed E-state index contributed by atoms with van der Waals surface area (Å²) in [5, 5.41) is 18.8. The van der Waals surface area contributed by atoms with Gasteiger partial charge in [0.05, 0.1) is 16.4 Å². The van der Waals surface area contributed by atoms with Gasteiger partial charge in [-0.15, -0.1) is 10.2 Å². The molecule has 0 atom stereocenters. The van der Waals surface area contributed by atoms with Crippen LogP contribution in [-0.2, 0) is 6.42 Å². The normalized spacial score (nSPS) is 11.3. The molecule has 150 valence electrons. The molecule has 0 amide bonds. The van der Waals surface area contributed by atoms with E-state index >= 15 is 0 Å². The van der Waals surface area contributed by atoms with Gasteiger partial charge in [0, 0.05) is 36.4 Å². The molecule has 4 heterocycles. The molecule has 0 saturated heterocycles. The molecule has 1 N–H and O–H groups in total. The Morgan fingerprint density at radius 3 is 2.73 bits per heavy atom. The summed E-state index contributed by atoms with van der Waals surface area (Å²) in [5.41, 5.74) is 4.74. The minimum absolute atomic E-state index is 0.553. The summed E-state index contributed by atoms with van der Waals surface area (Å²) >= 11 is 3.54. The Hall–Kier alpha value is -3.53. The largest absolute Gasteiger partial charge is 0.329 e. The van der Waals surface area contributed by atoms with Gasteiger partial charge < -0.3 is 9.47 Å². The van der Waals surface area contributed by atoms with Gasteiger partial charge in [-0.25, -0.2) is 4.98 Å². The molecule has 0 radical (unpaired) electrons. The number of benzene rings is 1. The number of H-pyrrole nitrogens is 1. The van der Waals surface area contributed by atoms with Crippen molar-refractivity contribution in [2.24, 2.45) is 0 Å². The van der Waals surface area contributed by atoms with E-state index in [9.17, 15) is 0 Å². The highest BCUT2D eigenvalue weighted by Crippen LogP contribution is 2.29. The lowest BCUT2D eigenvalue weighted by atomic mass is 10.2. The zero-order chi connectivity index (χ0) is 20.7. The molecular formula is C20H18BrN9. The summed E-state index contributed by atoms with van der Waals surface area (Å²) in [4.78, 5) is 6.78. The second-order valence-electron chi connectivity index (χ2n) is 6.76. The number of hydrogen-bond donors (Lipinski definition) is 1. The van der Waals surface area contributed by atoms with Crippen LogP contribution in [0.5, 0.6) is 0 Å². The van der Waals surface area contributed by atoms with Crippen molar-refractivity contribution in [2.75, 3.05) is 11.9 Å². The third-order valence-electron chi connectivity index (χ3n) is 5.01. The molecule has 9 nitrogen and oxygen atoms in total. The molecule has 0 aliphatic rings. The monoisotopic (exact) mass is 463 g/mol. The number of tetrazole rings is 1.